The fraction of sp³-hybridized carbons (Fsp3) is 0.538. The lowest BCUT2D eigenvalue weighted by Gasteiger charge is -2.29. The van der Waals surface area contributed by atoms with E-state index in [9.17, 15) is 10.1 Å². The second kappa shape index (κ2) is 6.21. The number of anilines is 1. The van der Waals surface area contributed by atoms with Gasteiger partial charge in [0.15, 0.2) is 0 Å². The first-order valence-corrected chi connectivity index (χ1v) is 6.85. The highest BCUT2D eigenvalue weighted by molar-refractivity contribution is 6.33. The molecule has 0 spiro atoms. The largest absolute Gasteiger partial charge is 0.365 e. The molecule has 1 aromatic carbocycles. The summed E-state index contributed by atoms with van der Waals surface area (Å²) in [7, 11) is 1.89. The average Bonchev–Trinajstić information content (AvgIpc) is 2.66. The minimum Gasteiger partial charge on any atom is -0.365 e. The molecule has 1 fully saturated rings. The number of nitrogens with zero attached hydrogens (tertiary/aromatic N) is 2. The van der Waals surface area contributed by atoms with Gasteiger partial charge in [-0.15, -0.1) is 0 Å². The SMILES string of the molecule is CN(c1c(Cl)cccc1[N+](=O)[O-])C1CCCNCC1. The van der Waals surface area contributed by atoms with E-state index in [4.69, 9.17) is 11.6 Å². The second-order valence-corrected chi connectivity index (χ2v) is 5.22. The highest BCUT2D eigenvalue weighted by atomic mass is 35.5. The molecule has 6 heteroatoms. The average molecular weight is 284 g/mol. The zero-order chi connectivity index (χ0) is 13.8. The predicted molar refractivity (Wildman–Crippen MR) is 77.0 cm³/mol. The maximum absolute atomic E-state index is 11.1. The van der Waals surface area contributed by atoms with Crippen LogP contribution in [0, 0.1) is 10.1 Å². The Morgan fingerprint density at radius 3 is 2.95 bits per heavy atom. The third kappa shape index (κ3) is 3.16. The van der Waals surface area contributed by atoms with Gasteiger partial charge in [0.2, 0.25) is 0 Å². The number of nitro benzene ring substituents is 1. The van der Waals surface area contributed by atoms with Gasteiger partial charge in [0.05, 0.1) is 9.95 Å². The van der Waals surface area contributed by atoms with Crippen molar-refractivity contribution in [3.8, 4) is 0 Å². The second-order valence-electron chi connectivity index (χ2n) is 4.81. The van der Waals surface area contributed by atoms with Gasteiger partial charge in [-0.05, 0) is 38.4 Å². The standard InChI is InChI=1S/C13H18ClN3O2/c1-16(10-4-3-8-15-9-7-10)13-11(14)5-2-6-12(13)17(18)19/h2,5-6,10,15H,3-4,7-9H2,1H3. The maximum Gasteiger partial charge on any atom is 0.294 e. The number of nitrogens with one attached hydrogen (secondary N) is 1. The summed E-state index contributed by atoms with van der Waals surface area (Å²) in [5, 5.41) is 14.9. The Kier molecular flexibility index (Phi) is 4.61. The van der Waals surface area contributed by atoms with Gasteiger partial charge < -0.3 is 10.2 Å². The number of para-hydroxylation sites is 1. The van der Waals surface area contributed by atoms with Gasteiger partial charge in [-0.25, -0.2) is 0 Å². The molecule has 1 N–H and O–H groups in total. The summed E-state index contributed by atoms with van der Waals surface area (Å²) < 4.78 is 0. The molecular formula is C13H18ClN3O2. The van der Waals surface area contributed by atoms with E-state index >= 15 is 0 Å². The number of halogens is 1. The zero-order valence-corrected chi connectivity index (χ0v) is 11.7. The minimum absolute atomic E-state index is 0.0761. The van der Waals surface area contributed by atoms with E-state index in [0.717, 1.165) is 32.4 Å². The Bertz CT molecular complexity index is 459. The summed E-state index contributed by atoms with van der Waals surface area (Å²) in [4.78, 5) is 12.7. The van der Waals surface area contributed by atoms with Crippen LogP contribution in [0.25, 0.3) is 0 Å². The lowest BCUT2D eigenvalue weighted by molar-refractivity contribution is -0.384. The Morgan fingerprint density at radius 2 is 2.21 bits per heavy atom. The first-order valence-electron chi connectivity index (χ1n) is 6.47. The van der Waals surface area contributed by atoms with Crippen molar-refractivity contribution >= 4 is 23.0 Å². The van der Waals surface area contributed by atoms with Crippen LogP contribution in [0.1, 0.15) is 19.3 Å². The molecule has 104 valence electrons. The van der Waals surface area contributed by atoms with Crippen LogP contribution < -0.4 is 10.2 Å². The number of hydrogen-bond acceptors (Lipinski definition) is 4. The van der Waals surface area contributed by atoms with Crippen molar-refractivity contribution in [2.24, 2.45) is 0 Å². The highest BCUT2D eigenvalue weighted by Crippen LogP contribution is 2.36. The molecule has 0 saturated carbocycles. The van der Waals surface area contributed by atoms with Crippen LogP contribution in [0.15, 0.2) is 18.2 Å². The molecule has 0 radical (unpaired) electrons. The van der Waals surface area contributed by atoms with Crippen molar-refractivity contribution in [2.75, 3.05) is 25.0 Å². The molecular weight excluding hydrogens is 266 g/mol. The minimum atomic E-state index is -0.368. The van der Waals surface area contributed by atoms with Crippen LogP contribution in [-0.2, 0) is 0 Å². The molecule has 1 aliphatic rings. The molecule has 0 amide bonds. The van der Waals surface area contributed by atoms with Crippen LogP contribution >= 0.6 is 11.6 Å². The van der Waals surface area contributed by atoms with Crippen molar-refractivity contribution in [3.05, 3.63) is 33.3 Å². The molecule has 1 aliphatic heterocycles. The topological polar surface area (TPSA) is 58.4 Å². The fourth-order valence-electron chi connectivity index (χ4n) is 2.57. The maximum atomic E-state index is 11.1. The summed E-state index contributed by atoms with van der Waals surface area (Å²) in [6.07, 6.45) is 3.07. The van der Waals surface area contributed by atoms with Crippen molar-refractivity contribution in [1.82, 2.24) is 5.32 Å². The molecule has 19 heavy (non-hydrogen) atoms. The first kappa shape index (κ1) is 14.1. The molecule has 1 atom stereocenters. The van der Waals surface area contributed by atoms with E-state index < -0.39 is 0 Å². The molecule has 0 bridgehead atoms. The Morgan fingerprint density at radius 1 is 1.42 bits per heavy atom. The highest BCUT2D eigenvalue weighted by Gasteiger charge is 2.25. The van der Waals surface area contributed by atoms with Gasteiger partial charge in [-0.3, -0.25) is 10.1 Å². The monoisotopic (exact) mass is 283 g/mol. The fourth-order valence-corrected chi connectivity index (χ4v) is 2.87. The summed E-state index contributed by atoms with van der Waals surface area (Å²) in [6, 6.07) is 5.11. The van der Waals surface area contributed by atoms with Crippen LogP contribution in [0.2, 0.25) is 5.02 Å². The Hall–Kier alpha value is -1.33. The van der Waals surface area contributed by atoms with Crippen LogP contribution in [-0.4, -0.2) is 31.1 Å². The number of nitro groups is 1. The normalized spacial score (nSPS) is 19.8. The molecule has 5 nitrogen and oxygen atoms in total. The van der Waals surface area contributed by atoms with E-state index in [2.05, 4.69) is 5.32 Å². The predicted octanol–water partition coefficient (Wildman–Crippen LogP) is 2.83. The molecule has 1 aromatic rings. The van der Waals surface area contributed by atoms with Crippen molar-refractivity contribution in [1.29, 1.82) is 0 Å². The van der Waals surface area contributed by atoms with Crippen LogP contribution in [0.3, 0.4) is 0 Å². The Labute approximate surface area is 117 Å². The van der Waals surface area contributed by atoms with E-state index in [0.29, 0.717) is 10.7 Å². The van der Waals surface area contributed by atoms with Gasteiger partial charge in [0.25, 0.3) is 5.69 Å². The van der Waals surface area contributed by atoms with E-state index in [1.165, 1.54) is 6.07 Å². The van der Waals surface area contributed by atoms with E-state index in [-0.39, 0.29) is 16.7 Å². The van der Waals surface area contributed by atoms with Gasteiger partial charge in [0, 0.05) is 19.2 Å². The van der Waals surface area contributed by atoms with Crippen LogP contribution in [0.4, 0.5) is 11.4 Å². The Balaban J connectivity index is 2.31. The zero-order valence-electron chi connectivity index (χ0n) is 10.9. The molecule has 1 saturated heterocycles. The number of hydrogen-bond donors (Lipinski definition) is 1. The van der Waals surface area contributed by atoms with Crippen molar-refractivity contribution < 1.29 is 4.92 Å². The van der Waals surface area contributed by atoms with Gasteiger partial charge in [-0.1, -0.05) is 17.7 Å². The van der Waals surface area contributed by atoms with Gasteiger partial charge in [0.1, 0.15) is 5.69 Å². The van der Waals surface area contributed by atoms with E-state index in [1.54, 1.807) is 12.1 Å². The summed E-state index contributed by atoms with van der Waals surface area (Å²) in [5.74, 6) is 0. The van der Waals surface area contributed by atoms with E-state index in [1.807, 2.05) is 11.9 Å². The van der Waals surface area contributed by atoms with Crippen molar-refractivity contribution in [2.45, 2.75) is 25.3 Å². The summed E-state index contributed by atoms with van der Waals surface area (Å²) in [5.41, 5.74) is 0.605. The first-order chi connectivity index (χ1) is 9.11. The molecule has 0 aliphatic carbocycles. The number of rotatable bonds is 3. The molecule has 0 aromatic heterocycles. The smallest absolute Gasteiger partial charge is 0.294 e. The quantitative estimate of drug-likeness (QED) is 0.684. The molecule has 1 heterocycles. The third-order valence-electron chi connectivity index (χ3n) is 3.61. The number of benzene rings is 1. The third-order valence-corrected chi connectivity index (χ3v) is 3.91. The lowest BCUT2D eigenvalue weighted by atomic mass is 10.1. The summed E-state index contributed by atoms with van der Waals surface area (Å²) >= 11 is 6.17. The summed E-state index contributed by atoms with van der Waals surface area (Å²) in [6.45, 7) is 1.95. The lowest BCUT2D eigenvalue weighted by Crippen LogP contribution is -2.33. The van der Waals surface area contributed by atoms with Crippen LogP contribution in [0.5, 0.6) is 0 Å². The van der Waals surface area contributed by atoms with Crippen molar-refractivity contribution in [3.63, 3.8) is 0 Å². The molecule has 1 unspecified atom stereocenters. The molecule has 2 rings (SSSR count). The van der Waals surface area contributed by atoms with Gasteiger partial charge >= 0.3 is 0 Å². The van der Waals surface area contributed by atoms with Gasteiger partial charge in [-0.2, -0.15) is 0 Å².